The number of benzene rings is 2. The summed E-state index contributed by atoms with van der Waals surface area (Å²) in [6.07, 6.45) is 1.51. The number of thioether (sulfide) groups is 1. The van der Waals surface area contributed by atoms with Crippen LogP contribution in [0.3, 0.4) is 0 Å². The van der Waals surface area contributed by atoms with Gasteiger partial charge in [0.15, 0.2) is 11.5 Å². The number of furan rings is 1. The van der Waals surface area contributed by atoms with E-state index in [4.69, 9.17) is 18.6 Å². The average Bonchev–Trinajstić information content (AvgIpc) is 3.43. The van der Waals surface area contributed by atoms with Crippen molar-refractivity contribution in [3.05, 3.63) is 76.9 Å². The van der Waals surface area contributed by atoms with Gasteiger partial charge in [0.1, 0.15) is 18.1 Å². The van der Waals surface area contributed by atoms with Crippen LogP contribution >= 0.6 is 11.8 Å². The summed E-state index contributed by atoms with van der Waals surface area (Å²) in [6.45, 7) is 0.219. The molecule has 1 fully saturated rings. The fourth-order valence-corrected chi connectivity index (χ4v) is 4.21. The van der Waals surface area contributed by atoms with Crippen molar-refractivity contribution < 1.29 is 33.0 Å². The lowest BCUT2D eigenvalue weighted by atomic mass is 10.1. The third kappa shape index (κ3) is 4.84. The third-order valence-electron chi connectivity index (χ3n) is 5.01. The van der Waals surface area contributed by atoms with E-state index in [1.165, 1.54) is 20.3 Å². The first-order valence-corrected chi connectivity index (χ1v) is 11.1. The zero-order valence-corrected chi connectivity index (χ0v) is 19.3. The minimum Gasteiger partial charge on any atom is -0.493 e. The van der Waals surface area contributed by atoms with Crippen LogP contribution < -0.4 is 9.47 Å². The van der Waals surface area contributed by atoms with Crippen molar-refractivity contribution in [3.8, 4) is 22.8 Å². The molecule has 2 amide bonds. The number of carbonyl (C=O) groups excluding carboxylic acids is 3. The van der Waals surface area contributed by atoms with E-state index in [2.05, 4.69) is 0 Å². The van der Waals surface area contributed by atoms with Crippen LogP contribution in [0.15, 0.2) is 70.0 Å². The minimum absolute atomic E-state index is 0.0932. The summed E-state index contributed by atoms with van der Waals surface area (Å²) in [5.74, 6) is 1.01. The summed E-state index contributed by atoms with van der Waals surface area (Å²) in [7, 11) is 2.85. The number of imide groups is 1. The fourth-order valence-electron chi connectivity index (χ4n) is 3.37. The second-order valence-corrected chi connectivity index (χ2v) is 8.07. The lowest BCUT2D eigenvalue weighted by Crippen LogP contribution is -2.32. The Hall–Kier alpha value is -3.98. The molecular formula is C25H21NO7S. The molecule has 1 aromatic heterocycles. The summed E-state index contributed by atoms with van der Waals surface area (Å²) < 4.78 is 21.6. The molecule has 3 aromatic rings. The number of amides is 2. The summed E-state index contributed by atoms with van der Waals surface area (Å²) in [5.41, 5.74) is 0.928. The summed E-state index contributed by atoms with van der Waals surface area (Å²) >= 11 is 0.831. The number of ether oxygens (including phenoxy) is 3. The van der Waals surface area contributed by atoms with Gasteiger partial charge in [-0.15, -0.1) is 0 Å². The number of rotatable bonds is 8. The van der Waals surface area contributed by atoms with Crippen LogP contribution in [-0.4, -0.2) is 49.4 Å². The van der Waals surface area contributed by atoms with Gasteiger partial charge in [0.05, 0.1) is 31.2 Å². The largest absolute Gasteiger partial charge is 0.493 e. The molecule has 4 rings (SSSR count). The first kappa shape index (κ1) is 23.2. The first-order valence-electron chi connectivity index (χ1n) is 10.3. The van der Waals surface area contributed by atoms with E-state index in [0.29, 0.717) is 34.1 Å². The first-order chi connectivity index (χ1) is 16.5. The topological polar surface area (TPSA) is 95.3 Å². The molecule has 0 spiro atoms. The van der Waals surface area contributed by atoms with Gasteiger partial charge in [-0.05, 0) is 42.1 Å². The van der Waals surface area contributed by atoms with Crippen LogP contribution in [0.4, 0.5) is 4.79 Å². The Bertz CT molecular complexity index is 1260. The van der Waals surface area contributed by atoms with Crippen LogP contribution in [0.1, 0.15) is 16.1 Å². The molecule has 1 saturated heterocycles. The van der Waals surface area contributed by atoms with E-state index in [0.717, 1.165) is 16.7 Å². The Labute approximate surface area is 200 Å². The monoisotopic (exact) mass is 479 g/mol. The van der Waals surface area contributed by atoms with E-state index in [-0.39, 0.29) is 23.3 Å². The maximum Gasteiger partial charge on any atom is 0.338 e. The highest BCUT2D eigenvalue weighted by molar-refractivity contribution is 8.18. The molecule has 0 atom stereocenters. The Morgan fingerprint density at radius 2 is 1.74 bits per heavy atom. The molecule has 8 nitrogen and oxygen atoms in total. The molecule has 0 bridgehead atoms. The van der Waals surface area contributed by atoms with Crippen molar-refractivity contribution in [1.82, 2.24) is 4.90 Å². The highest BCUT2D eigenvalue weighted by Gasteiger charge is 2.35. The molecule has 34 heavy (non-hydrogen) atoms. The van der Waals surface area contributed by atoms with Crippen molar-refractivity contribution in [3.63, 3.8) is 0 Å². The van der Waals surface area contributed by atoms with E-state index in [9.17, 15) is 14.4 Å². The van der Waals surface area contributed by atoms with Gasteiger partial charge in [-0.1, -0.05) is 30.3 Å². The zero-order chi connectivity index (χ0) is 24.1. The van der Waals surface area contributed by atoms with Gasteiger partial charge >= 0.3 is 5.97 Å². The summed E-state index contributed by atoms with van der Waals surface area (Å²) in [4.78, 5) is 38.6. The van der Waals surface area contributed by atoms with Gasteiger partial charge in [-0.2, -0.15) is 0 Å². The van der Waals surface area contributed by atoms with Crippen LogP contribution in [0.2, 0.25) is 0 Å². The molecule has 0 N–H and O–H groups in total. The number of methoxy groups -OCH3 is 2. The SMILES string of the molecule is COC(=O)c1ccccc1-c1ccc(/C=C2\SC(=O)N(CCOc3ccccc3OC)C2=O)o1. The Kier molecular flexibility index (Phi) is 7.03. The summed E-state index contributed by atoms with van der Waals surface area (Å²) in [5, 5.41) is -0.386. The number of nitrogens with zero attached hydrogens (tertiary/aromatic N) is 1. The van der Waals surface area contributed by atoms with E-state index < -0.39 is 11.9 Å². The number of carbonyl (C=O) groups is 3. The van der Waals surface area contributed by atoms with Crippen LogP contribution in [0.25, 0.3) is 17.4 Å². The number of para-hydroxylation sites is 2. The van der Waals surface area contributed by atoms with Crippen molar-refractivity contribution in [2.45, 2.75) is 0 Å². The van der Waals surface area contributed by atoms with Gasteiger partial charge in [-0.3, -0.25) is 14.5 Å². The van der Waals surface area contributed by atoms with Gasteiger partial charge in [0, 0.05) is 11.6 Å². The maximum atomic E-state index is 12.8. The molecule has 0 aliphatic carbocycles. The molecular weight excluding hydrogens is 458 g/mol. The second-order valence-electron chi connectivity index (χ2n) is 7.07. The Balaban J connectivity index is 1.45. The van der Waals surface area contributed by atoms with Crippen molar-refractivity contribution in [2.24, 2.45) is 0 Å². The normalized spacial score (nSPS) is 14.5. The van der Waals surface area contributed by atoms with Crippen molar-refractivity contribution >= 4 is 35.0 Å². The predicted octanol–water partition coefficient (Wildman–Crippen LogP) is 4.86. The van der Waals surface area contributed by atoms with Crippen LogP contribution in [-0.2, 0) is 9.53 Å². The van der Waals surface area contributed by atoms with E-state index in [1.54, 1.807) is 48.5 Å². The van der Waals surface area contributed by atoms with Crippen molar-refractivity contribution in [1.29, 1.82) is 0 Å². The maximum absolute atomic E-state index is 12.8. The lowest BCUT2D eigenvalue weighted by Gasteiger charge is -2.14. The smallest absolute Gasteiger partial charge is 0.338 e. The van der Waals surface area contributed by atoms with Gasteiger partial charge in [0.25, 0.3) is 11.1 Å². The highest BCUT2D eigenvalue weighted by Crippen LogP contribution is 2.34. The molecule has 1 aliphatic rings. The van der Waals surface area contributed by atoms with Gasteiger partial charge in [0.2, 0.25) is 0 Å². The molecule has 0 radical (unpaired) electrons. The number of hydrogen-bond donors (Lipinski definition) is 0. The highest BCUT2D eigenvalue weighted by atomic mass is 32.2. The molecule has 174 valence electrons. The van der Waals surface area contributed by atoms with Crippen molar-refractivity contribution in [2.75, 3.05) is 27.4 Å². The lowest BCUT2D eigenvalue weighted by molar-refractivity contribution is -0.123. The molecule has 0 saturated carbocycles. The van der Waals surface area contributed by atoms with Crippen LogP contribution in [0, 0.1) is 0 Å². The second kappa shape index (κ2) is 10.3. The third-order valence-corrected chi connectivity index (χ3v) is 5.92. The molecule has 1 aliphatic heterocycles. The molecule has 9 heteroatoms. The Morgan fingerprint density at radius 3 is 2.50 bits per heavy atom. The molecule has 2 heterocycles. The van der Waals surface area contributed by atoms with Gasteiger partial charge < -0.3 is 18.6 Å². The number of esters is 1. The van der Waals surface area contributed by atoms with Crippen LogP contribution in [0.5, 0.6) is 11.5 Å². The summed E-state index contributed by atoms with van der Waals surface area (Å²) in [6, 6.07) is 17.4. The van der Waals surface area contributed by atoms with Gasteiger partial charge in [-0.25, -0.2) is 4.79 Å². The molecule has 2 aromatic carbocycles. The standard InChI is InChI=1S/C25H21NO7S/c1-30-20-9-5-6-10-21(20)32-14-13-26-23(27)22(34-25(26)29)15-16-11-12-19(33-16)17-7-3-4-8-18(17)24(28)31-2/h3-12,15H,13-14H2,1-2H3/b22-15-. The zero-order valence-electron chi connectivity index (χ0n) is 18.5. The fraction of sp³-hybridized carbons (Fsp3) is 0.160. The minimum atomic E-state index is -0.481. The van der Waals surface area contributed by atoms with E-state index in [1.807, 2.05) is 12.1 Å². The predicted molar refractivity (Wildman–Crippen MR) is 127 cm³/mol. The average molecular weight is 480 g/mol. The molecule has 0 unspecified atom stereocenters. The van der Waals surface area contributed by atoms with E-state index >= 15 is 0 Å². The number of hydrogen-bond acceptors (Lipinski definition) is 8. The quantitative estimate of drug-likeness (QED) is 0.334. The Morgan fingerprint density at radius 1 is 1.00 bits per heavy atom.